The van der Waals surface area contributed by atoms with Gasteiger partial charge in [0.25, 0.3) is 0 Å². The zero-order valence-corrected chi connectivity index (χ0v) is 26.6. The molecule has 1 atom stereocenters. The Morgan fingerprint density at radius 1 is 1.23 bits per heavy atom. The molecule has 0 unspecified atom stereocenters. The Morgan fingerprint density at radius 2 is 1.97 bits per heavy atom. The van der Waals surface area contributed by atoms with Crippen molar-refractivity contribution < 1.29 is 25.2 Å². The average Bonchev–Trinajstić information content (AvgIpc) is 3.50. The number of amides is 1. The highest BCUT2D eigenvalue weighted by Crippen LogP contribution is 2.51. The predicted molar refractivity (Wildman–Crippen MR) is 165 cm³/mol. The average molecular weight is 763 g/mol. The Morgan fingerprint density at radius 3 is 2.64 bits per heavy atom. The van der Waals surface area contributed by atoms with Crippen LogP contribution in [0.5, 0.6) is 5.75 Å². The number of fused-ring (bicyclic) bond motifs is 2. The van der Waals surface area contributed by atoms with Crippen LogP contribution in [0.1, 0.15) is 51.8 Å². The molecule has 1 fully saturated rings. The van der Waals surface area contributed by atoms with Crippen LogP contribution in [0.2, 0.25) is 0 Å². The highest BCUT2D eigenvalue weighted by Gasteiger charge is 2.52. The molecule has 3 aromatic rings. The number of benzene rings is 2. The largest absolute Gasteiger partial charge is 0.467 e. The van der Waals surface area contributed by atoms with E-state index in [0.29, 0.717) is 30.7 Å². The van der Waals surface area contributed by atoms with Gasteiger partial charge in [-0.25, -0.2) is 4.39 Å². The summed E-state index contributed by atoms with van der Waals surface area (Å²) in [7, 11) is 0. The zero-order chi connectivity index (χ0) is 28.2. The fraction of sp³-hybridized carbons (Fsp3) is 0.464. The number of hydrogen-bond acceptors (Lipinski definition) is 6. The molecule has 1 aliphatic carbocycles. The van der Waals surface area contributed by atoms with E-state index in [-0.39, 0.29) is 24.7 Å². The molecular weight excluding hydrogens is 731 g/mol. The quantitative estimate of drug-likeness (QED) is 0.208. The van der Waals surface area contributed by atoms with E-state index in [4.69, 9.17) is 10.9 Å². The predicted octanol–water partition coefficient (Wildman–Crippen LogP) is 6.36. The van der Waals surface area contributed by atoms with Gasteiger partial charge in [0.1, 0.15) is 57.6 Å². The van der Waals surface area contributed by atoms with Crippen molar-refractivity contribution >= 4 is 74.2 Å². The van der Waals surface area contributed by atoms with Gasteiger partial charge < -0.3 is 31.2 Å². The van der Waals surface area contributed by atoms with E-state index in [2.05, 4.69) is 10.6 Å². The van der Waals surface area contributed by atoms with Crippen LogP contribution in [0.3, 0.4) is 0 Å². The summed E-state index contributed by atoms with van der Waals surface area (Å²) in [5.41, 5.74) is 1.75. The Hall–Kier alpha value is -1.68. The number of carbonyl (C=O) groups excluding carboxylic acids is 1. The number of aliphatic hydroxyl groups is 1. The molecule has 0 spiro atoms. The molecule has 2 aliphatic rings. The molecule has 11 heteroatoms. The number of nitrogens with one attached hydrogen (secondary N) is 2. The highest BCUT2D eigenvalue weighted by molar-refractivity contribution is 14.1. The van der Waals surface area contributed by atoms with E-state index >= 15 is 4.39 Å². The van der Waals surface area contributed by atoms with Crippen molar-refractivity contribution in [1.82, 2.24) is 4.57 Å². The van der Waals surface area contributed by atoms with Crippen LogP contribution < -0.4 is 15.4 Å². The lowest BCUT2D eigenvalue weighted by Crippen LogP contribution is -2.31. The molecule has 2 heterocycles. The van der Waals surface area contributed by atoms with Crippen LogP contribution in [0.15, 0.2) is 36.4 Å². The van der Waals surface area contributed by atoms with Gasteiger partial charge in [0.15, 0.2) is 5.72 Å². The second kappa shape index (κ2) is 10.6. The molecule has 1 saturated carbocycles. The van der Waals surface area contributed by atoms with Crippen molar-refractivity contribution in [3.63, 3.8) is 0 Å². The lowest BCUT2D eigenvalue weighted by Gasteiger charge is -2.26. The number of ether oxygens (including phenoxy) is 1. The van der Waals surface area contributed by atoms with Gasteiger partial charge in [0.05, 0.1) is 48.2 Å². The Kier molecular flexibility index (Phi) is 7.85. The number of carbonyl (C=O) groups is 1. The van der Waals surface area contributed by atoms with E-state index in [9.17, 15) is 9.90 Å². The van der Waals surface area contributed by atoms with Crippen LogP contribution >= 0.6 is 46.0 Å². The Balaban J connectivity index is 1.46. The van der Waals surface area contributed by atoms with Gasteiger partial charge in [-0.05, 0) is 56.5 Å². The van der Waals surface area contributed by atoms with E-state index < -0.39 is 28.5 Å². The van der Waals surface area contributed by atoms with Gasteiger partial charge in [-0.1, -0.05) is 19.9 Å². The minimum Gasteiger partial charge on any atom is -0.467 e. The first-order chi connectivity index (χ1) is 18.4. The standard InChI is InChI=1S/C28H32FI2N3O5/c1-26(2,15-38-31)24-10-16-9-21(19(29)12-22(16)34(24)13-18(35)14-37-30)32-25(36)28(7-8-28)17-5-6-20-23(11-17)39-27(3,4)33-20/h5-6,9-12,18,33,35H,7-8,13-15H2,1-4H3,(H,32,36)/t18-/m1/s1. The minimum atomic E-state index is -0.776. The number of halogens is 3. The van der Waals surface area contributed by atoms with Crippen LogP contribution in [0.25, 0.3) is 10.9 Å². The second-order valence-corrected chi connectivity index (χ2v) is 12.8. The molecule has 0 bridgehead atoms. The van der Waals surface area contributed by atoms with Crippen molar-refractivity contribution in [2.24, 2.45) is 0 Å². The lowest BCUT2D eigenvalue weighted by atomic mass is 9.90. The molecule has 3 N–H and O–H groups in total. The summed E-state index contributed by atoms with van der Waals surface area (Å²) < 4.78 is 33.9. The Bertz CT molecular complexity index is 1420. The maximum atomic E-state index is 15.5. The molecular formula is C28H32FI2N3O5. The molecule has 2 aromatic carbocycles. The number of rotatable bonds is 10. The minimum absolute atomic E-state index is 0.127. The molecule has 39 heavy (non-hydrogen) atoms. The maximum absolute atomic E-state index is 15.5. The molecule has 0 saturated heterocycles. The summed E-state index contributed by atoms with van der Waals surface area (Å²) in [6.45, 7) is 8.74. The van der Waals surface area contributed by atoms with Crippen LogP contribution in [-0.2, 0) is 28.3 Å². The first kappa shape index (κ1) is 28.8. The zero-order valence-electron chi connectivity index (χ0n) is 22.2. The second-order valence-electron chi connectivity index (χ2n) is 11.6. The summed E-state index contributed by atoms with van der Waals surface area (Å²) in [4.78, 5) is 13.5. The number of aliphatic hydroxyl groups excluding tert-OH is 1. The number of hydrogen-bond donors (Lipinski definition) is 3. The van der Waals surface area contributed by atoms with Gasteiger partial charge in [-0.3, -0.25) is 4.79 Å². The van der Waals surface area contributed by atoms with E-state index in [0.717, 1.165) is 22.3 Å². The summed E-state index contributed by atoms with van der Waals surface area (Å²) in [5, 5.41) is 17.4. The molecule has 8 nitrogen and oxygen atoms in total. The summed E-state index contributed by atoms with van der Waals surface area (Å²) in [5.74, 6) is -0.0616. The van der Waals surface area contributed by atoms with Gasteiger partial charge in [-0.2, -0.15) is 0 Å². The van der Waals surface area contributed by atoms with Crippen molar-refractivity contribution in [1.29, 1.82) is 0 Å². The van der Waals surface area contributed by atoms with E-state index in [1.807, 2.05) is 79.5 Å². The van der Waals surface area contributed by atoms with Crippen LogP contribution in [0.4, 0.5) is 15.8 Å². The first-order valence-electron chi connectivity index (χ1n) is 12.8. The van der Waals surface area contributed by atoms with Gasteiger partial charge in [0.2, 0.25) is 5.91 Å². The molecule has 210 valence electrons. The Labute approximate surface area is 255 Å². The molecule has 1 aliphatic heterocycles. The van der Waals surface area contributed by atoms with Gasteiger partial charge in [-0.15, -0.1) is 0 Å². The van der Waals surface area contributed by atoms with Crippen molar-refractivity contribution in [2.45, 2.75) is 69.7 Å². The number of aromatic nitrogens is 1. The normalized spacial score (nSPS) is 17.8. The monoisotopic (exact) mass is 763 g/mol. The third kappa shape index (κ3) is 5.61. The molecule has 1 aromatic heterocycles. The summed E-state index contributed by atoms with van der Waals surface area (Å²) in [6, 6.07) is 10.8. The third-order valence-corrected chi connectivity index (χ3v) is 8.19. The van der Waals surface area contributed by atoms with Gasteiger partial charge in [0, 0.05) is 22.6 Å². The number of nitrogens with zero attached hydrogens (tertiary/aromatic N) is 1. The van der Waals surface area contributed by atoms with E-state index in [1.165, 1.54) is 6.07 Å². The van der Waals surface area contributed by atoms with Crippen molar-refractivity contribution in [3.05, 3.63) is 53.5 Å². The fourth-order valence-corrected chi connectivity index (χ4v) is 6.52. The fourth-order valence-electron chi connectivity index (χ4n) is 5.33. The highest BCUT2D eigenvalue weighted by atomic mass is 127. The SMILES string of the molecule is CC1(C)Nc2ccc(C3(C(=O)Nc4cc5cc(C(C)(C)COI)n(C[C@@H](O)COI)c5cc4F)CC3)cc2O1. The van der Waals surface area contributed by atoms with Crippen molar-refractivity contribution in [2.75, 3.05) is 23.8 Å². The summed E-state index contributed by atoms with van der Waals surface area (Å²) >= 11 is 3.61. The van der Waals surface area contributed by atoms with Crippen LogP contribution in [-0.4, -0.2) is 40.6 Å². The summed E-state index contributed by atoms with van der Waals surface area (Å²) in [6.07, 6.45) is 0.585. The molecule has 1 amide bonds. The topological polar surface area (TPSA) is 94.0 Å². The van der Waals surface area contributed by atoms with E-state index in [1.54, 1.807) is 29.1 Å². The van der Waals surface area contributed by atoms with Crippen molar-refractivity contribution in [3.8, 4) is 5.75 Å². The first-order valence-corrected chi connectivity index (χ1v) is 14.6. The number of anilines is 2. The van der Waals surface area contributed by atoms with Gasteiger partial charge >= 0.3 is 0 Å². The smallest absolute Gasteiger partial charge is 0.235 e. The molecule has 5 rings (SSSR count). The van der Waals surface area contributed by atoms with Crippen LogP contribution in [0, 0.1) is 5.82 Å². The lowest BCUT2D eigenvalue weighted by molar-refractivity contribution is -0.118. The molecule has 0 radical (unpaired) electrons. The third-order valence-electron chi connectivity index (χ3n) is 7.52. The maximum Gasteiger partial charge on any atom is 0.235 e.